The van der Waals surface area contributed by atoms with Gasteiger partial charge in [-0.15, -0.1) is 0 Å². The minimum Gasteiger partial charge on any atom is -0.354 e. The molecule has 0 fully saturated rings. The van der Waals surface area contributed by atoms with E-state index in [1.165, 1.54) is 17.7 Å². The van der Waals surface area contributed by atoms with E-state index >= 15 is 0 Å². The number of aryl methyl sites for hydroxylation is 2. The third-order valence-corrected chi connectivity index (χ3v) is 4.46. The van der Waals surface area contributed by atoms with Crippen LogP contribution in [0.4, 0.5) is 8.78 Å². The maximum absolute atomic E-state index is 14.3. The van der Waals surface area contributed by atoms with Gasteiger partial charge in [-0.3, -0.25) is 0 Å². The molecule has 2 nitrogen and oxygen atoms in total. The number of nitrogens with one attached hydrogen (secondary N) is 1. The fourth-order valence-corrected chi connectivity index (χ4v) is 3.14. The average molecular weight is 328 g/mol. The van der Waals surface area contributed by atoms with E-state index in [9.17, 15) is 8.78 Å². The summed E-state index contributed by atoms with van der Waals surface area (Å²) in [5.41, 5.74) is 10.1. The van der Waals surface area contributed by atoms with Crippen LogP contribution in [0.15, 0.2) is 36.4 Å². The molecule has 2 aromatic carbocycles. The van der Waals surface area contributed by atoms with E-state index in [0.29, 0.717) is 12.1 Å². The van der Waals surface area contributed by atoms with Crippen LogP contribution in [0.5, 0.6) is 0 Å². The predicted octanol–water partition coefficient (Wildman–Crippen LogP) is 4.96. The van der Waals surface area contributed by atoms with Crippen molar-refractivity contribution in [1.29, 1.82) is 0 Å². The van der Waals surface area contributed by atoms with Crippen molar-refractivity contribution in [1.82, 2.24) is 4.98 Å². The summed E-state index contributed by atoms with van der Waals surface area (Å²) in [5.74, 6) is -1.11. The molecule has 0 radical (unpaired) electrons. The maximum atomic E-state index is 14.3. The molecule has 0 unspecified atom stereocenters. The molecule has 1 heterocycles. The van der Waals surface area contributed by atoms with Gasteiger partial charge in [0.2, 0.25) is 0 Å². The van der Waals surface area contributed by atoms with Gasteiger partial charge in [0.25, 0.3) is 0 Å². The van der Waals surface area contributed by atoms with Crippen molar-refractivity contribution in [2.24, 2.45) is 5.73 Å². The van der Waals surface area contributed by atoms with Crippen molar-refractivity contribution in [2.75, 3.05) is 6.54 Å². The first kappa shape index (κ1) is 16.7. The number of nitrogens with two attached hydrogens (primary N) is 1. The lowest BCUT2D eigenvalue weighted by Gasteiger charge is -2.07. The zero-order chi connectivity index (χ0) is 17.1. The number of H-pyrrole nitrogens is 1. The van der Waals surface area contributed by atoms with E-state index in [2.05, 4.69) is 24.0 Å². The number of aromatic amines is 1. The summed E-state index contributed by atoms with van der Waals surface area (Å²) in [6, 6.07) is 10.0. The Morgan fingerprint density at radius 2 is 1.88 bits per heavy atom. The van der Waals surface area contributed by atoms with Crippen LogP contribution in [0.3, 0.4) is 0 Å². The van der Waals surface area contributed by atoms with Crippen LogP contribution in [0.25, 0.3) is 22.2 Å². The number of halogens is 2. The van der Waals surface area contributed by atoms with E-state index in [0.717, 1.165) is 53.9 Å². The van der Waals surface area contributed by atoms with Crippen LogP contribution in [0.2, 0.25) is 0 Å². The van der Waals surface area contributed by atoms with E-state index in [1.54, 1.807) is 0 Å². The van der Waals surface area contributed by atoms with Gasteiger partial charge in [-0.25, -0.2) is 8.78 Å². The lowest BCUT2D eigenvalue weighted by molar-refractivity contribution is 0.585. The van der Waals surface area contributed by atoms with Crippen molar-refractivity contribution in [3.05, 3.63) is 59.2 Å². The highest BCUT2D eigenvalue weighted by Crippen LogP contribution is 2.33. The van der Waals surface area contributed by atoms with Gasteiger partial charge >= 0.3 is 0 Å². The van der Waals surface area contributed by atoms with Gasteiger partial charge < -0.3 is 10.7 Å². The van der Waals surface area contributed by atoms with Crippen molar-refractivity contribution < 1.29 is 8.78 Å². The van der Waals surface area contributed by atoms with Crippen molar-refractivity contribution in [2.45, 2.75) is 32.6 Å². The Balaban J connectivity index is 2.16. The van der Waals surface area contributed by atoms with Crippen LogP contribution in [-0.4, -0.2) is 11.5 Å². The number of rotatable bonds is 6. The highest BCUT2D eigenvalue weighted by atomic mass is 19.1. The molecule has 0 aliphatic carbocycles. The number of hydrogen-bond donors (Lipinski definition) is 2. The minimum atomic E-state index is -0.565. The quantitative estimate of drug-likeness (QED) is 0.617. The number of benzene rings is 2. The van der Waals surface area contributed by atoms with Gasteiger partial charge in [0.1, 0.15) is 11.6 Å². The second kappa shape index (κ2) is 7.14. The van der Waals surface area contributed by atoms with Crippen LogP contribution in [0, 0.1) is 11.6 Å². The summed E-state index contributed by atoms with van der Waals surface area (Å²) in [6.45, 7) is 2.76. The van der Waals surface area contributed by atoms with Crippen LogP contribution in [0.1, 0.15) is 30.9 Å². The van der Waals surface area contributed by atoms with Crippen molar-refractivity contribution in [3.8, 4) is 11.3 Å². The van der Waals surface area contributed by atoms with Gasteiger partial charge in [-0.05, 0) is 67.6 Å². The van der Waals surface area contributed by atoms with Crippen molar-refractivity contribution in [3.63, 3.8) is 0 Å². The highest BCUT2D eigenvalue weighted by Gasteiger charge is 2.16. The van der Waals surface area contributed by atoms with Gasteiger partial charge in [0.05, 0.1) is 5.69 Å². The monoisotopic (exact) mass is 328 g/mol. The summed E-state index contributed by atoms with van der Waals surface area (Å²) < 4.78 is 27.5. The Kier molecular flexibility index (Phi) is 4.95. The molecule has 1 aromatic heterocycles. The van der Waals surface area contributed by atoms with Crippen LogP contribution < -0.4 is 5.73 Å². The van der Waals surface area contributed by atoms with Gasteiger partial charge in [0.15, 0.2) is 0 Å². The molecule has 0 atom stereocenters. The maximum Gasteiger partial charge on any atom is 0.135 e. The van der Waals surface area contributed by atoms with Gasteiger partial charge in [0, 0.05) is 22.5 Å². The molecule has 126 valence electrons. The molecule has 0 amide bonds. The number of fused-ring (bicyclic) bond motifs is 1. The normalized spacial score (nSPS) is 11.3. The third-order valence-electron chi connectivity index (χ3n) is 4.46. The predicted molar refractivity (Wildman–Crippen MR) is 95.0 cm³/mol. The molecule has 0 saturated heterocycles. The highest BCUT2D eigenvalue weighted by molar-refractivity contribution is 5.91. The van der Waals surface area contributed by atoms with E-state index in [1.807, 2.05) is 6.07 Å². The Morgan fingerprint density at radius 3 is 2.58 bits per heavy atom. The molecule has 4 heteroatoms. The summed E-state index contributed by atoms with van der Waals surface area (Å²) in [5, 5.41) is 1.12. The molecule has 0 aliphatic heterocycles. The number of hydrogen-bond acceptors (Lipinski definition) is 1. The van der Waals surface area contributed by atoms with E-state index in [4.69, 9.17) is 5.73 Å². The second-order valence-electron chi connectivity index (χ2n) is 6.08. The molecular formula is C20H22F2N2. The molecule has 0 aliphatic rings. The van der Waals surface area contributed by atoms with Gasteiger partial charge in [-0.2, -0.15) is 0 Å². The zero-order valence-corrected chi connectivity index (χ0v) is 13.8. The molecular weight excluding hydrogens is 306 g/mol. The number of unbranched alkanes of at least 4 members (excludes halogenated alkanes) is 1. The van der Waals surface area contributed by atoms with Crippen LogP contribution in [-0.2, 0) is 12.8 Å². The molecule has 0 spiro atoms. The molecule has 3 N–H and O–H groups in total. The fourth-order valence-electron chi connectivity index (χ4n) is 3.14. The fraction of sp³-hybridized carbons (Fsp3) is 0.300. The number of aromatic nitrogens is 1. The smallest absolute Gasteiger partial charge is 0.135 e. The summed E-state index contributed by atoms with van der Waals surface area (Å²) in [7, 11) is 0. The molecule has 0 bridgehead atoms. The second-order valence-corrected chi connectivity index (χ2v) is 6.08. The van der Waals surface area contributed by atoms with Crippen molar-refractivity contribution >= 4 is 10.9 Å². The lowest BCUT2D eigenvalue weighted by Crippen LogP contribution is -1.99. The standard InChI is InChI=1S/C20H22F2N2/c1-2-13-6-9-19-17(11-13)15(5-3-4-10-23)20(24-19)16-8-7-14(21)12-18(16)22/h6-9,11-12,24H,2-5,10,23H2,1H3. The Labute approximate surface area is 140 Å². The Bertz CT molecular complexity index is 852. The Hall–Kier alpha value is -2.20. The van der Waals surface area contributed by atoms with E-state index < -0.39 is 11.6 Å². The minimum absolute atomic E-state index is 0.411. The summed E-state index contributed by atoms with van der Waals surface area (Å²) >= 11 is 0. The van der Waals surface area contributed by atoms with E-state index in [-0.39, 0.29) is 0 Å². The zero-order valence-electron chi connectivity index (χ0n) is 13.8. The SMILES string of the molecule is CCc1ccc2[nH]c(-c3ccc(F)cc3F)c(CCCCN)c2c1. The molecule has 0 saturated carbocycles. The summed E-state index contributed by atoms with van der Waals surface area (Å²) in [4.78, 5) is 3.33. The average Bonchev–Trinajstić information content (AvgIpc) is 2.92. The molecule has 3 rings (SSSR count). The van der Waals surface area contributed by atoms with Gasteiger partial charge in [-0.1, -0.05) is 13.0 Å². The first-order valence-corrected chi connectivity index (χ1v) is 8.43. The first-order valence-electron chi connectivity index (χ1n) is 8.43. The topological polar surface area (TPSA) is 41.8 Å². The third kappa shape index (κ3) is 3.20. The Morgan fingerprint density at radius 1 is 1.04 bits per heavy atom. The molecule has 3 aromatic rings. The largest absolute Gasteiger partial charge is 0.354 e. The molecule has 24 heavy (non-hydrogen) atoms. The summed E-state index contributed by atoms with van der Waals surface area (Å²) in [6.07, 6.45) is 3.63. The van der Waals surface area contributed by atoms with Crippen LogP contribution >= 0.6 is 0 Å². The first-order chi connectivity index (χ1) is 11.6. The lowest BCUT2D eigenvalue weighted by atomic mass is 9.98.